The molecule has 7 nitrogen and oxygen atoms in total. The van der Waals surface area contributed by atoms with Crippen molar-refractivity contribution < 1.29 is 19.1 Å². The van der Waals surface area contributed by atoms with E-state index in [1.54, 1.807) is 16.7 Å². The van der Waals surface area contributed by atoms with Gasteiger partial charge >= 0.3 is 6.09 Å². The van der Waals surface area contributed by atoms with Crippen LogP contribution in [0.1, 0.15) is 27.2 Å². The van der Waals surface area contributed by atoms with Gasteiger partial charge in [0.05, 0.1) is 19.2 Å². The molecule has 3 rings (SSSR count). The summed E-state index contributed by atoms with van der Waals surface area (Å²) in [5, 5.41) is 3.28. The summed E-state index contributed by atoms with van der Waals surface area (Å²) in [7, 11) is 1.33. The van der Waals surface area contributed by atoms with E-state index in [9.17, 15) is 14.4 Å². The molecule has 1 aliphatic heterocycles. The van der Waals surface area contributed by atoms with E-state index in [0.717, 1.165) is 15.3 Å². The second kappa shape index (κ2) is 9.11. The molecule has 148 valence electrons. The Morgan fingerprint density at radius 2 is 2.04 bits per heavy atom. The number of methoxy groups -OCH3 is 1. The minimum absolute atomic E-state index is 0.172. The number of fused-ring (bicyclic) bond motifs is 1. The van der Waals surface area contributed by atoms with Crippen LogP contribution in [0.25, 0.3) is 0 Å². The molecule has 3 amide bonds. The molecule has 0 radical (unpaired) electrons. The van der Waals surface area contributed by atoms with Crippen molar-refractivity contribution in [1.29, 1.82) is 0 Å². The normalized spacial score (nSPS) is 13.0. The highest BCUT2D eigenvalue weighted by molar-refractivity contribution is 7.99. The Morgan fingerprint density at radius 1 is 1.29 bits per heavy atom. The lowest BCUT2D eigenvalue weighted by atomic mass is 10.0. The Hall–Kier alpha value is -2.52. The predicted octanol–water partition coefficient (Wildman–Crippen LogP) is 3.09. The number of nitrogens with one attached hydrogen (secondary N) is 1. The number of benzene rings is 1. The highest BCUT2D eigenvalue weighted by Gasteiger charge is 2.29. The molecule has 1 aromatic carbocycles. The summed E-state index contributed by atoms with van der Waals surface area (Å²) in [5.41, 5.74) is 6.73. The number of thioether (sulfide) groups is 1. The van der Waals surface area contributed by atoms with E-state index in [1.807, 2.05) is 30.3 Å². The zero-order valence-corrected chi connectivity index (χ0v) is 17.0. The fourth-order valence-corrected chi connectivity index (χ4v) is 5.16. The number of ether oxygens (including phenoxy) is 1. The average Bonchev–Trinajstić information content (AvgIpc) is 3.05. The predicted molar refractivity (Wildman–Crippen MR) is 110 cm³/mol. The number of carbonyl (C=O) groups excluding carboxylic acids is 3. The Kier molecular flexibility index (Phi) is 6.58. The molecule has 28 heavy (non-hydrogen) atoms. The summed E-state index contributed by atoms with van der Waals surface area (Å²) in [6.07, 6.45) is 0.399. The van der Waals surface area contributed by atoms with Gasteiger partial charge in [-0.25, -0.2) is 4.79 Å². The summed E-state index contributed by atoms with van der Waals surface area (Å²) in [6, 6.07) is 9.84. The van der Waals surface area contributed by atoms with Crippen molar-refractivity contribution in [2.75, 3.05) is 24.7 Å². The standard InChI is InChI=1S/C19H21N3O4S2/c1-26-19(25)22-9-7-13-14(11-22)28-18(16(13)17(20)24)21-15(23)8-10-27-12-5-3-2-4-6-12/h2-6H,7-11H2,1H3,(H2,20,24)(H,21,23). The van der Waals surface area contributed by atoms with E-state index < -0.39 is 12.0 Å². The highest BCUT2D eigenvalue weighted by atomic mass is 32.2. The van der Waals surface area contributed by atoms with Crippen molar-refractivity contribution in [3.63, 3.8) is 0 Å². The lowest BCUT2D eigenvalue weighted by Crippen LogP contribution is -2.35. The number of amides is 3. The first-order valence-electron chi connectivity index (χ1n) is 8.74. The number of hydrogen-bond donors (Lipinski definition) is 2. The van der Waals surface area contributed by atoms with Gasteiger partial charge in [0.1, 0.15) is 5.00 Å². The molecule has 0 atom stereocenters. The van der Waals surface area contributed by atoms with E-state index >= 15 is 0 Å². The van der Waals surface area contributed by atoms with Crippen LogP contribution in [0.5, 0.6) is 0 Å². The van der Waals surface area contributed by atoms with E-state index in [0.29, 0.717) is 42.2 Å². The molecule has 1 aliphatic rings. The molecule has 2 aromatic rings. The van der Waals surface area contributed by atoms with Gasteiger partial charge in [-0.3, -0.25) is 9.59 Å². The number of thiophene rings is 1. The fraction of sp³-hybridized carbons (Fsp3) is 0.316. The van der Waals surface area contributed by atoms with Gasteiger partial charge in [0, 0.05) is 28.5 Å². The molecular formula is C19H21N3O4S2. The Bertz CT molecular complexity index is 883. The first-order valence-corrected chi connectivity index (χ1v) is 10.5. The van der Waals surface area contributed by atoms with Crippen LogP contribution in [0.15, 0.2) is 35.2 Å². The monoisotopic (exact) mass is 419 g/mol. The quantitative estimate of drug-likeness (QED) is 0.701. The third kappa shape index (κ3) is 4.66. The number of nitrogens with two attached hydrogens (primary N) is 1. The smallest absolute Gasteiger partial charge is 0.409 e. The van der Waals surface area contributed by atoms with Gasteiger partial charge in [-0.2, -0.15) is 0 Å². The summed E-state index contributed by atoms with van der Waals surface area (Å²) >= 11 is 2.89. The van der Waals surface area contributed by atoms with Crippen LogP contribution in [0, 0.1) is 0 Å². The second-order valence-electron chi connectivity index (χ2n) is 6.17. The molecule has 0 bridgehead atoms. The first kappa shape index (κ1) is 20.2. The maximum absolute atomic E-state index is 12.4. The Balaban J connectivity index is 1.66. The fourth-order valence-electron chi connectivity index (χ4n) is 3.00. The summed E-state index contributed by atoms with van der Waals surface area (Å²) < 4.78 is 4.76. The minimum Gasteiger partial charge on any atom is -0.453 e. The third-order valence-corrected chi connectivity index (χ3v) is 6.48. The van der Waals surface area contributed by atoms with Crippen molar-refractivity contribution in [3.8, 4) is 0 Å². The number of nitrogens with zero attached hydrogens (tertiary/aromatic N) is 1. The summed E-state index contributed by atoms with van der Waals surface area (Å²) in [6.45, 7) is 0.782. The van der Waals surface area contributed by atoms with Crippen LogP contribution in [-0.2, 0) is 22.5 Å². The van der Waals surface area contributed by atoms with Gasteiger partial charge in [0.15, 0.2) is 0 Å². The number of hydrogen-bond acceptors (Lipinski definition) is 6. The van der Waals surface area contributed by atoms with E-state index in [-0.39, 0.29) is 5.91 Å². The molecule has 0 unspecified atom stereocenters. The lowest BCUT2D eigenvalue weighted by molar-refractivity contribution is -0.115. The molecular weight excluding hydrogens is 398 g/mol. The zero-order chi connectivity index (χ0) is 20.1. The van der Waals surface area contributed by atoms with E-state index in [1.165, 1.54) is 18.4 Å². The Labute approximate surface area is 171 Å². The number of rotatable bonds is 6. The van der Waals surface area contributed by atoms with Crippen molar-refractivity contribution in [2.45, 2.75) is 24.3 Å². The molecule has 9 heteroatoms. The van der Waals surface area contributed by atoms with Gasteiger partial charge in [0.2, 0.25) is 5.91 Å². The molecule has 0 saturated heterocycles. The van der Waals surface area contributed by atoms with E-state index in [2.05, 4.69) is 5.32 Å². The number of carbonyl (C=O) groups is 3. The van der Waals surface area contributed by atoms with Crippen molar-refractivity contribution >= 4 is 46.0 Å². The van der Waals surface area contributed by atoms with Crippen LogP contribution < -0.4 is 11.1 Å². The van der Waals surface area contributed by atoms with Gasteiger partial charge in [-0.1, -0.05) is 18.2 Å². The molecule has 0 spiro atoms. The van der Waals surface area contributed by atoms with Crippen LogP contribution in [0.3, 0.4) is 0 Å². The van der Waals surface area contributed by atoms with Gasteiger partial charge in [-0.15, -0.1) is 23.1 Å². The van der Waals surface area contributed by atoms with Crippen LogP contribution in [-0.4, -0.2) is 42.2 Å². The molecule has 3 N–H and O–H groups in total. The molecule has 0 fully saturated rings. The lowest BCUT2D eigenvalue weighted by Gasteiger charge is -2.25. The maximum Gasteiger partial charge on any atom is 0.409 e. The minimum atomic E-state index is -0.571. The second-order valence-corrected chi connectivity index (χ2v) is 8.45. The third-order valence-electron chi connectivity index (χ3n) is 4.33. The van der Waals surface area contributed by atoms with Crippen molar-refractivity contribution in [2.24, 2.45) is 5.73 Å². The van der Waals surface area contributed by atoms with E-state index in [4.69, 9.17) is 10.5 Å². The van der Waals surface area contributed by atoms with Crippen LogP contribution in [0.2, 0.25) is 0 Å². The first-order chi connectivity index (χ1) is 13.5. The van der Waals surface area contributed by atoms with Crippen LogP contribution in [0.4, 0.5) is 9.80 Å². The zero-order valence-electron chi connectivity index (χ0n) is 15.4. The van der Waals surface area contributed by atoms with Crippen molar-refractivity contribution in [3.05, 3.63) is 46.3 Å². The molecule has 1 aromatic heterocycles. The maximum atomic E-state index is 12.4. The largest absolute Gasteiger partial charge is 0.453 e. The van der Waals surface area contributed by atoms with Gasteiger partial charge in [0.25, 0.3) is 5.91 Å². The van der Waals surface area contributed by atoms with Crippen molar-refractivity contribution in [1.82, 2.24) is 4.90 Å². The Morgan fingerprint density at radius 3 is 2.71 bits per heavy atom. The number of primary amides is 1. The molecule has 2 heterocycles. The average molecular weight is 420 g/mol. The van der Waals surface area contributed by atoms with Gasteiger partial charge < -0.3 is 20.7 Å². The SMILES string of the molecule is COC(=O)N1CCc2c(sc(NC(=O)CCSc3ccccc3)c2C(N)=O)C1. The van der Waals surface area contributed by atoms with Crippen LogP contribution >= 0.6 is 23.1 Å². The van der Waals surface area contributed by atoms with Gasteiger partial charge in [-0.05, 0) is 24.1 Å². The summed E-state index contributed by atoms with van der Waals surface area (Å²) in [4.78, 5) is 39.6. The topological polar surface area (TPSA) is 102 Å². The molecule has 0 saturated carbocycles. The summed E-state index contributed by atoms with van der Waals surface area (Å²) in [5.74, 6) is -0.115. The number of anilines is 1. The molecule has 0 aliphatic carbocycles. The highest BCUT2D eigenvalue weighted by Crippen LogP contribution is 2.37.